The second-order valence-corrected chi connectivity index (χ2v) is 5.69. The number of hydrogen-bond donors (Lipinski definition) is 1. The van der Waals surface area contributed by atoms with Crippen LogP contribution in [-0.2, 0) is 6.42 Å². The quantitative estimate of drug-likeness (QED) is 0.678. The van der Waals surface area contributed by atoms with Crippen LogP contribution in [0, 0.1) is 0 Å². The van der Waals surface area contributed by atoms with Crippen molar-refractivity contribution >= 4 is 5.96 Å². The largest absolute Gasteiger partial charge is 0.497 e. The third-order valence-electron chi connectivity index (χ3n) is 4.44. The summed E-state index contributed by atoms with van der Waals surface area (Å²) in [4.78, 5) is 6.75. The highest BCUT2D eigenvalue weighted by Crippen LogP contribution is 2.34. The molecule has 2 N–H and O–H groups in total. The van der Waals surface area contributed by atoms with Crippen LogP contribution in [0.4, 0.5) is 0 Å². The summed E-state index contributed by atoms with van der Waals surface area (Å²) in [5.74, 6) is 2.18. The van der Waals surface area contributed by atoms with Gasteiger partial charge in [0.1, 0.15) is 5.75 Å². The van der Waals surface area contributed by atoms with Crippen molar-refractivity contribution in [1.82, 2.24) is 4.90 Å². The first-order valence-corrected chi connectivity index (χ1v) is 7.49. The molecule has 0 bridgehead atoms. The maximum absolute atomic E-state index is 6.02. The monoisotopic (exact) mass is 273 g/mol. The fourth-order valence-corrected chi connectivity index (χ4v) is 3.06. The number of ether oxygens (including phenoxy) is 1. The maximum Gasteiger partial charge on any atom is 0.191 e. The molecular formula is C16H23N3O. The number of aryl methyl sites for hydroxylation is 1. The minimum absolute atomic E-state index is 0.504. The molecule has 1 heterocycles. The molecule has 1 aliphatic carbocycles. The number of nitrogens with two attached hydrogens (primary N) is 1. The van der Waals surface area contributed by atoms with E-state index in [0.29, 0.717) is 5.92 Å². The summed E-state index contributed by atoms with van der Waals surface area (Å²) in [5, 5.41) is 0. The van der Waals surface area contributed by atoms with Gasteiger partial charge in [-0.3, -0.25) is 4.99 Å². The van der Waals surface area contributed by atoms with Crippen LogP contribution >= 0.6 is 0 Å². The van der Waals surface area contributed by atoms with Crippen molar-refractivity contribution in [3.05, 3.63) is 29.3 Å². The van der Waals surface area contributed by atoms with Crippen molar-refractivity contribution in [2.24, 2.45) is 10.7 Å². The molecule has 1 aliphatic heterocycles. The number of likely N-dealkylation sites (tertiary alicyclic amines) is 1. The van der Waals surface area contributed by atoms with E-state index in [1.54, 1.807) is 7.11 Å². The van der Waals surface area contributed by atoms with Gasteiger partial charge >= 0.3 is 0 Å². The predicted molar refractivity (Wildman–Crippen MR) is 81.4 cm³/mol. The Balaban J connectivity index is 1.72. The van der Waals surface area contributed by atoms with Gasteiger partial charge in [-0.15, -0.1) is 0 Å². The average molecular weight is 273 g/mol. The Kier molecular flexibility index (Phi) is 3.81. The predicted octanol–water partition coefficient (Wildman–Crippen LogP) is 2.14. The fourth-order valence-electron chi connectivity index (χ4n) is 3.06. The number of aliphatic imine (C=N–C) groups is 1. The molecule has 1 aromatic rings. The van der Waals surface area contributed by atoms with E-state index in [-0.39, 0.29) is 0 Å². The molecule has 1 atom stereocenters. The Morgan fingerprint density at radius 2 is 2.25 bits per heavy atom. The van der Waals surface area contributed by atoms with Crippen molar-refractivity contribution < 1.29 is 4.74 Å². The van der Waals surface area contributed by atoms with Gasteiger partial charge in [-0.1, -0.05) is 6.07 Å². The zero-order valence-electron chi connectivity index (χ0n) is 12.1. The van der Waals surface area contributed by atoms with Crippen LogP contribution in [0.15, 0.2) is 23.2 Å². The summed E-state index contributed by atoms with van der Waals surface area (Å²) in [6, 6.07) is 6.43. The van der Waals surface area contributed by atoms with Crippen molar-refractivity contribution in [3.63, 3.8) is 0 Å². The van der Waals surface area contributed by atoms with E-state index in [0.717, 1.165) is 37.8 Å². The van der Waals surface area contributed by atoms with Gasteiger partial charge in [0, 0.05) is 25.6 Å². The van der Waals surface area contributed by atoms with Gasteiger partial charge in [0.15, 0.2) is 5.96 Å². The number of benzene rings is 1. The second-order valence-electron chi connectivity index (χ2n) is 5.69. The Morgan fingerprint density at radius 3 is 2.95 bits per heavy atom. The normalized spacial score (nSPS) is 22.1. The van der Waals surface area contributed by atoms with E-state index >= 15 is 0 Å². The molecule has 1 unspecified atom stereocenters. The lowest BCUT2D eigenvalue weighted by Crippen LogP contribution is -2.46. The Labute approximate surface area is 120 Å². The van der Waals surface area contributed by atoms with Gasteiger partial charge in [-0.05, 0) is 48.9 Å². The molecule has 3 rings (SSSR count). The molecule has 0 aromatic heterocycles. The number of guanidine groups is 1. The smallest absolute Gasteiger partial charge is 0.191 e. The maximum atomic E-state index is 6.02. The number of fused-ring (bicyclic) bond motifs is 1. The Morgan fingerprint density at radius 1 is 1.40 bits per heavy atom. The molecule has 1 aromatic carbocycles. The van der Waals surface area contributed by atoms with Crippen LogP contribution in [0.2, 0.25) is 0 Å². The number of methoxy groups -OCH3 is 1. The highest BCUT2D eigenvalue weighted by molar-refractivity contribution is 5.78. The van der Waals surface area contributed by atoms with Crippen LogP contribution in [0.1, 0.15) is 36.3 Å². The molecule has 2 aliphatic rings. The Bertz CT molecular complexity index is 508. The van der Waals surface area contributed by atoms with Crippen LogP contribution < -0.4 is 10.5 Å². The highest BCUT2D eigenvalue weighted by Gasteiger charge is 2.21. The summed E-state index contributed by atoms with van der Waals surface area (Å²) in [6.07, 6.45) is 4.82. The molecule has 4 nitrogen and oxygen atoms in total. The minimum atomic E-state index is 0.504. The second kappa shape index (κ2) is 5.73. The van der Waals surface area contributed by atoms with Crippen LogP contribution in [0.25, 0.3) is 0 Å². The molecular weight excluding hydrogens is 250 g/mol. The van der Waals surface area contributed by atoms with Gasteiger partial charge in [0.05, 0.1) is 7.11 Å². The van der Waals surface area contributed by atoms with Gasteiger partial charge in [-0.25, -0.2) is 0 Å². The molecule has 0 saturated carbocycles. The van der Waals surface area contributed by atoms with Crippen molar-refractivity contribution in [1.29, 1.82) is 0 Å². The lowest BCUT2D eigenvalue weighted by Gasteiger charge is -2.32. The average Bonchev–Trinajstić information content (AvgIpc) is 2.42. The first-order chi connectivity index (χ1) is 9.78. The molecule has 108 valence electrons. The van der Waals surface area contributed by atoms with Crippen LogP contribution in [-0.4, -0.2) is 37.6 Å². The Hall–Kier alpha value is -1.71. The van der Waals surface area contributed by atoms with E-state index in [9.17, 15) is 0 Å². The zero-order chi connectivity index (χ0) is 13.9. The standard InChI is InChI=1S/C16H23N3O/c1-20-14-6-7-15-12(10-14)4-2-5-13(15)11-18-16(17)19-8-3-9-19/h6-7,10,13H,2-5,8-9,11H2,1H3,(H2,17,18). The lowest BCUT2D eigenvalue weighted by molar-refractivity contribution is 0.295. The first-order valence-electron chi connectivity index (χ1n) is 7.49. The van der Waals surface area contributed by atoms with Crippen LogP contribution in [0.5, 0.6) is 5.75 Å². The van der Waals surface area contributed by atoms with E-state index in [1.807, 2.05) is 0 Å². The van der Waals surface area contributed by atoms with E-state index < -0.39 is 0 Å². The minimum Gasteiger partial charge on any atom is -0.497 e. The molecule has 20 heavy (non-hydrogen) atoms. The molecule has 0 amide bonds. The van der Waals surface area contributed by atoms with Gasteiger partial charge < -0.3 is 15.4 Å². The summed E-state index contributed by atoms with van der Waals surface area (Å²) >= 11 is 0. The fraction of sp³-hybridized carbons (Fsp3) is 0.562. The number of hydrogen-bond acceptors (Lipinski definition) is 2. The molecule has 0 radical (unpaired) electrons. The van der Waals surface area contributed by atoms with Crippen LogP contribution in [0.3, 0.4) is 0 Å². The third kappa shape index (κ3) is 2.60. The topological polar surface area (TPSA) is 50.9 Å². The van der Waals surface area contributed by atoms with E-state index in [1.165, 1.54) is 30.4 Å². The van der Waals surface area contributed by atoms with E-state index in [2.05, 4.69) is 28.1 Å². The molecule has 1 fully saturated rings. The zero-order valence-corrected chi connectivity index (χ0v) is 12.1. The third-order valence-corrected chi connectivity index (χ3v) is 4.44. The highest BCUT2D eigenvalue weighted by atomic mass is 16.5. The molecule has 0 spiro atoms. The summed E-state index contributed by atoms with van der Waals surface area (Å²) < 4.78 is 5.31. The first kappa shape index (κ1) is 13.3. The number of rotatable bonds is 3. The van der Waals surface area contributed by atoms with Crippen molar-refractivity contribution in [2.45, 2.75) is 31.6 Å². The van der Waals surface area contributed by atoms with Gasteiger partial charge in [-0.2, -0.15) is 0 Å². The lowest BCUT2D eigenvalue weighted by atomic mass is 9.83. The SMILES string of the molecule is COc1ccc2c(c1)CCCC2CN=C(N)N1CCC1. The number of nitrogens with zero attached hydrogens (tertiary/aromatic N) is 2. The summed E-state index contributed by atoms with van der Waals surface area (Å²) in [7, 11) is 1.72. The van der Waals surface area contributed by atoms with Gasteiger partial charge in [0.25, 0.3) is 0 Å². The van der Waals surface area contributed by atoms with Gasteiger partial charge in [0.2, 0.25) is 0 Å². The van der Waals surface area contributed by atoms with Crippen molar-refractivity contribution in [2.75, 3.05) is 26.7 Å². The molecule has 4 heteroatoms. The summed E-state index contributed by atoms with van der Waals surface area (Å²) in [6.45, 7) is 2.93. The molecule has 1 saturated heterocycles. The summed E-state index contributed by atoms with van der Waals surface area (Å²) in [5.41, 5.74) is 8.86. The van der Waals surface area contributed by atoms with E-state index in [4.69, 9.17) is 10.5 Å². The van der Waals surface area contributed by atoms with Crippen molar-refractivity contribution in [3.8, 4) is 5.75 Å².